The Hall–Kier alpha value is -4.74. The van der Waals surface area contributed by atoms with Crippen molar-refractivity contribution in [1.82, 2.24) is 15.1 Å². The normalized spacial score (nSPS) is 22.6. The number of anilines is 2. The molecule has 3 heterocycles. The Kier molecular flexibility index (Phi) is 12.0. The van der Waals surface area contributed by atoms with Crippen LogP contribution in [-0.4, -0.2) is 88.8 Å². The summed E-state index contributed by atoms with van der Waals surface area (Å²) in [6.07, 6.45) is 3.21. The molecular weight excluding hydrogens is 779 g/mol. The first-order valence-electron chi connectivity index (χ1n) is 19.9. The van der Waals surface area contributed by atoms with Crippen LogP contribution in [0.4, 0.5) is 15.8 Å². The summed E-state index contributed by atoms with van der Waals surface area (Å²) < 4.78 is 21.0. The molecule has 3 atom stereocenters. The first-order valence-corrected chi connectivity index (χ1v) is 20.7. The van der Waals surface area contributed by atoms with Crippen LogP contribution < -0.4 is 19.9 Å². The van der Waals surface area contributed by atoms with E-state index in [1.54, 1.807) is 24.3 Å². The van der Waals surface area contributed by atoms with E-state index in [1.165, 1.54) is 17.0 Å². The maximum absolute atomic E-state index is 14.6. The second-order valence-corrected chi connectivity index (χ2v) is 17.4. The molecule has 3 saturated heterocycles. The Balaban J connectivity index is 0.937. The van der Waals surface area contributed by atoms with Crippen molar-refractivity contribution in [2.45, 2.75) is 89.8 Å². The summed E-state index contributed by atoms with van der Waals surface area (Å²) in [6.45, 7) is 10.9. The van der Waals surface area contributed by atoms with Gasteiger partial charge in [0.2, 0.25) is 11.8 Å². The van der Waals surface area contributed by atoms with Crippen molar-refractivity contribution in [2.24, 2.45) is 5.92 Å². The second kappa shape index (κ2) is 16.9. The molecule has 304 valence electrons. The maximum Gasteiger partial charge on any atom is 0.259 e. The summed E-state index contributed by atoms with van der Waals surface area (Å²) >= 11 is 12.2. The number of thiocarbonyl (C=S) groups is 1. The number of amides is 3. The van der Waals surface area contributed by atoms with E-state index in [2.05, 4.69) is 35.0 Å². The first-order chi connectivity index (χ1) is 27.6. The number of nitrogens with one attached hydrogen (secondary N) is 1. The molecule has 4 aliphatic rings. The lowest BCUT2D eigenvalue weighted by molar-refractivity contribution is -0.136. The Bertz CT molecular complexity index is 2190. The maximum atomic E-state index is 14.6. The van der Waals surface area contributed by atoms with Gasteiger partial charge in [-0.2, -0.15) is 5.26 Å². The van der Waals surface area contributed by atoms with Crippen LogP contribution in [0.3, 0.4) is 0 Å². The lowest BCUT2D eigenvalue weighted by Crippen LogP contribution is -2.58. The van der Waals surface area contributed by atoms with Crippen molar-refractivity contribution in [2.75, 3.05) is 42.6 Å². The second-order valence-electron chi connectivity index (χ2n) is 16.6. The van der Waals surface area contributed by atoms with Gasteiger partial charge in [0, 0.05) is 56.2 Å². The average Bonchev–Trinajstić information content (AvgIpc) is 3.98. The van der Waals surface area contributed by atoms with Crippen LogP contribution in [0.5, 0.6) is 5.75 Å². The number of Topliss-reactive ketones (excluding diaryl/α,β-unsaturated/α-hetero) is 1. The number of piperidine rings is 1. The summed E-state index contributed by atoms with van der Waals surface area (Å²) in [5, 5.41) is 12.3. The van der Waals surface area contributed by atoms with E-state index >= 15 is 0 Å². The third-order valence-electron chi connectivity index (χ3n) is 11.7. The van der Waals surface area contributed by atoms with E-state index in [-0.39, 0.29) is 60.0 Å². The zero-order valence-corrected chi connectivity index (χ0v) is 34.8. The van der Waals surface area contributed by atoms with E-state index in [0.717, 1.165) is 42.9 Å². The number of imide groups is 1. The van der Waals surface area contributed by atoms with Crippen LogP contribution in [0.1, 0.15) is 81.5 Å². The van der Waals surface area contributed by atoms with Crippen LogP contribution in [0.2, 0.25) is 5.02 Å². The number of halogens is 2. The van der Waals surface area contributed by atoms with Gasteiger partial charge in [-0.1, -0.05) is 17.7 Å². The van der Waals surface area contributed by atoms with E-state index in [4.69, 9.17) is 28.6 Å². The summed E-state index contributed by atoms with van der Waals surface area (Å²) in [5.41, 5.74) is 2.98. The molecular formula is C44H48ClFN6O5S. The number of ether oxygens (including phenoxy) is 1. The van der Waals surface area contributed by atoms with Crippen molar-refractivity contribution in [3.63, 3.8) is 0 Å². The molecule has 1 N–H and O–H groups in total. The molecule has 0 spiro atoms. The number of carbonyl (C=O) groups is 4. The fraction of sp³-hybridized carbons (Fsp3) is 0.455. The fourth-order valence-corrected chi connectivity index (χ4v) is 9.34. The van der Waals surface area contributed by atoms with Crippen molar-refractivity contribution >= 4 is 63.8 Å². The zero-order chi connectivity index (χ0) is 41.5. The van der Waals surface area contributed by atoms with E-state index in [9.17, 15) is 28.8 Å². The van der Waals surface area contributed by atoms with Gasteiger partial charge in [0.15, 0.2) is 10.9 Å². The Labute approximate surface area is 349 Å². The molecule has 0 radical (unpaired) electrons. The Morgan fingerprint density at radius 1 is 1.00 bits per heavy atom. The predicted molar refractivity (Wildman–Crippen MR) is 223 cm³/mol. The largest absolute Gasteiger partial charge is 0.492 e. The lowest BCUT2D eigenvalue weighted by Gasteiger charge is -2.44. The monoisotopic (exact) mass is 826 g/mol. The molecule has 7 rings (SSSR count). The topological polar surface area (TPSA) is 126 Å². The Morgan fingerprint density at radius 3 is 2.38 bits per heavy atom. The van der Waals surface area contributed by atoms with Crippen LogP contribution in [0.25, 0.3) is 0 Å². The first kappa shape index (κ1) is 41.4. The summed E-state index contributed by atoms with van der Waals surface area (Å²) in [4.78, 5) is 58.8. The van der Waals surface area contributed by atoms with Gasteiger partial charge in [-0.05, 0) is 137 Å². The predicted octanol–water partition coefficient (Wildman–Crippen LogP) is 6.33. The van der Waals surface area contributed by atoms with Gasteiger partial charge >= 0.3 is 0 Å². The molecule has 0 bridgehead atoms. The summed E-state index contributed by atoms with van der Waals surface area (Å²) in [7, 11) is 0. The molecule has 0 aromatic heterocycles. The van der Waals surface area contributed by atoms with Gasteiger partial charge in [0.25, 0.3) is 5.91 Å². The smallest absolute Gasteiger partial charge is 0.259 e. The molecule has 14 heteroatoms. The molecule has 3 aromatic carbocycles. The minimum absolute atomic E-state index is 0.00195. The van der Waals surface area contributed by atoms with E-state index in [0.29, 0.717) is 59.4 Å². The zero-order valence-electron chi connectivity index (χ0n) is 33.2. The number of carbonyl (C=O) groups excluding carboxylic acids is 4. The highest BCUT2D eigenvalue weighted by Crippen LogP contribution is 2.47. The minimum Gasteiger partial charge on any atom is -0.492 e. The van der Waals surface area contributed by atoms with Crippen LogP contribution >= 0.6 is 23.8 Å². The number of benzene rings is 3. The Morgan fingerprint density at radius 2 is 1.71 bits per heavy atom. The van der Waals surface area contributed by atoms with Crippen molar-refractivity contribution < 1.29 is 28.3 Å². The highest BCUT2D eigenvalue weighted by molar-refractivity contribution is 7.81. The minimum atomic E-state index is -0.969. The van der Waals surface area contributed by atoms with Crippen molar-refractivity contribution in [3.05, 3.63) is 87.7 Å². The highest BCUT2D eigenvalue weighted by atomic mass is 35.5. The number of hydrogen-bond donors (Lipinski definition) is 1. The molecule has 1 aliphatic carbocycles. The molecule has 4 fully saturated rings. The van der Waals surface area contributed by atoms with Gasteiger partial charge < -0.3 is 9.64 Å². The van der Waals surface area contributed by atoms with Crippen molar-refractivity contribution in [3.8, 4) is 11.8 Å². The molecule has 3 amide bonds. The average molecular weight is 827 g/mol. The molecule has 3 aliphatic heterocycles. The van der Waals surface area contributed by atoms with Crippen LogP contribution in [0.15, 0.2) is 54.6 Å². The number of piperazine rings is 1. The summed E-state index contributed by atoms with van der Waals surface area (Å²) in [6, 6.07) is 17.7. The quantitative estimate of drug-likeness (QED) is 0.155. The summed E-state index contributed by atoms with van der Waals surface area (Å²) in [5.74, 6) is -0.476. The lowest BCUT2D eigenvalue weighted by atomic mass is 9.90. The van der Waals surface area contributed by atoms with Gasteiger partial charge in [-0.25, -0.2) is 4.39 Å². The van der Waals surface area contributed by atoms with Crippen LogP contribution in [-0.2, 0) is 32.0 Å². The van der Waals surface area contributed by atoms with Crippen LogP contribution in [0, 0.1) is 23.1 Å². The molecule has 1 saturated carbocycles. The third-order valence-corrected chi connectivity index (χ3v) is 12.4. The standard InChI is InChI=1S/C44H48ClFN6O5S/c1-26-23-49(24-27(2)50(26)25-36(53)19-29-15-28(17-33(46)18-29)16-31-8-12-40(54)48-41(31)55)13-14-57-39-11-10-35(20-37(39)30-5-6-30)52-43(58)51(42(56)44(52,3)4)34-9-7-32(22-47)38(45)21-34/h7,9-11,15,17-18,20-21,26-27,30-31H,5-6,8,12-14,16,19,23-25H2,1-4H3,(H,48,54,55)/t26-,27+,31?. The van der Waals surface area contributed by atoms with Crippen molar-refractivity contribution in [1.29, 1.82) is 5.26 Å². The fourth-order valence-electron chi connectivity index (χ4n) is 8.60. The molecule has 1 unspecified atom stereocenters. The number of ketones is 1. The van der Waals surface area contributed by atoms with Gasteiger partial charge in [-0.15, -0.1) is 0 Å². The highest BCUT2D eigenvalue weighted by Gasteiger charge is 2.50. The van der Waals surface area contributed by atoms with Gasteiger partial charge in [0.1, 0.15) is 29.8 Å². The third kappa shape index (κ3) is 8.81. The SMILES string of the molecule is C[C@@H]1CN(CCOc2ccc(N3C(=S)N(c4ccc(C#N)c(Cl)c4)C(=O)C3(C)C)cc2C2CC2)C[C@H](C)N1CC(=O)Cc1cc(F)cc(CC2CCC(=O)NC2=O)c1. The van der Waals surface area contributed by atoms with E-state index in [1.807, 2.05) is 36.9 Å². The number of nitriles is 1. The number of nitrogens with zero attached hydrogens (tertiary/aromatic N) is 5. The number of hydrogen-bond acceptors (Lipinski definition) is 9. The molecule has 58 heavy (non-hydrogen) atoms. The number of rotatable bonds is 13. The van der Waals surface area contributed by atoms with E-state index < -0.39 is 17.3 Å². The van der Waals surface area contributed by atoms with Gasteiger partial charge in [-0.3, -0.25) is 39.2 Å². The molecule has 11 nitrogen and oxygen atoms in total. The molecule has 3 aromatic rings. The van der Waals surface area contributed by atoms with Gasteiger partial charge in [0.05, 0.1) is 22.8 Å².